The quantitative estimate of drug-likeness (QED) is 0.587. The van der Waals surface area contributed by atoms with E-state index in [-0.39, 0.29) is 11.3 Å². The number of aromatic hydroxyl groups is 1. The van der Waals surface area contributed by atoms with Crippen molar-refractivity contribution in [1.82, 2.24) is 5.48 Å². The van der Waals surface area contributed by atoms with Gasteiger partial charge in [-0.1, -0.05) is 0 Å². The molecular weight excluding hydrogens is 226 g/mol. The molecule has 0 heterocycles. The zero-order chi connectivity index (χ0) is 12.8. The highest BCUT2D eigenvalue weighted by atomic mass is 16.6. The van der Waals surface area contributed by atoms with Crippen molar-refractivity contribution >= 4 is 5.97 Å². The van der Waals surface area contributed by atoms with Crippen molar-refractivity contribution in [3.8, 4) is 11.5 Å². The average Bonchev–Trinajstić information content (AvgIpc) is 2.35. The van der Waals surface area contributed by atoms with E-state index in [1.165, 1.54) is 33.5 Å². The molecular formula is C11H15NO5. The van der Waals surface area contributed by atoms with Crippen LogP contribution in [0.3, 0.4) is 0 Å². The molecule has 0 aromatic heterocycles. The van der Waals surface area contributed by atoms with Gasteiger partial charge in [0.25, 0.3) is 0 Å². The molecule has 0 fully saturated rings. The van der Waals surface area contributed by atoms with Crippen LogP contribution in [-0.2, 0) is 16.1 Å². The fourth-order valence-electron chi connectivity index (χ4n) is 1.37. The van der Waals surface area contributed by atoms with Crippen LogP contribution >= 0.6 is 0 Å². The normalized spacial score (nSPS) is 10.1. The number of ether oxygens (including phenoxy) is 2. The summed E-state index contributed by atoms with van der Waals surface area (Å²) < 4.78 is 9.64. The zero-order valence-electron chi connectivity index (χ0n) is 9.94. The van der Waals surface area contributed by atoms with Crippen LogP contribution in [0.5, 0.6) is 11.5 Å². The first-order valence-corrected chi connectivity index (χ1v) is 4.88. The van der Waals surface area contributed by atoms with Gasteiger partial charge in [0.1, 0.15) is 17.1 Å². The maximum atomic E-state index is 11.4. The molecule has 0 saturated carbocycles. The van der Waals surface area contributed by atoms with E-state index in [1.54, 1.807) is 0 Å². The number of hydrogen-bond acceptors (Lipinski definition) is 6. The number of benzene rings is 1. The number of nitrogens with one attached hydrogen (secondary N) is 1. The molecule has 94 valence electrons. The number of phenolic OH excluding ortho intramolecular Hbond substituents is 1. The predicted molar refractivity (Wildman–Crippen MR) is 59.8 cm³/mol. The maximum Gasteiger partial charge on any atom is 0.341 e. The highest BCUT2D eigenvalue weighted by Crippen LogP contribution is 2.28. The van der Waals surface area contributed by atoms with Crippen LogP contribution < -0.4 is 10.2 Å². The molecule has 1 aromatic carbocycles. The van der Waals surface area contributed by atoms with Gasteiger partial charge in [-0.3, -0.25) is 0 Å². The van der Waals surface area contributed by atoms with E-state index in [2.05, 4.69) is 10.2 Å². The highest BCUT2D eigenvalue weighted by molar-refractivity contribution is 5.92. The Morgan fingerprint density at radius 3 is 2.59 bits per heavy atom. The Hall–Kier alpha value is -1.79. The van der Waals surface area contributed by atoms with Crippen LogP contribution in [0.25, 0.3) is 0 Å². The maximum absolute atomic E-state index is 11.4. The smallest absolute Gasteiger partial charge is 0.341 e. The second-order valence-electron chi connectivity index (χ2n) is 3.20. The van der Waals surface area contributed by atoms with Gasteiger partial charge in [-0.2, -0.15) is 5.48 Å². The van der Waals surface area contributed by atoms with Gasteiger partial charge in [0, 0.05) is 18.2 Å². The molecule has 0 saturated heterocycles. The van der Waals surface area contributed by atoms with Gasteiger partial charge in [0.15, 0.2) is 0 Å². The van der Waals surface area contributed by atoms with Gasteiger partial charge in [-0.25, -0.2) is 4.79 Å². The summed E-state index contributed by atoms with van der Waals surface area (Å²) in [5.41, 5.74) is 3.39. The van der Waals surface area contributed by atoms with E-state index in [9.17, 15) is 9.90 Å². The number of hydroxylamine groups is 1. The largest absolute Gasteiger partial charge is 0.507 e. The van der Waals surface area contributed by atoms with Crippen molar-refractivity contribution in [3.05, 3.63) is 23.3 Å². The van der Waals surface area contributed by atoms with Crippen molar-refractivity contribution in [2.45, 2.75) is 6.54 Å². The molecule has 2 N–H and O–H groups in total. The predicted octanol–water partition coefficient (Wildman–Crippen LogP) is 0.838. The summed E-state index contributed by atoms with van der Waals surface area (Å²) in [6, 6.07) is 2.85. The van der Waals surface area contributed by atoms with Crippen LogP contribution in [-0.4, -0.2) is 32.4 Å². The number of phenols is 1. The van der Waals surface area contributed by atoms with Crippen molar-refractivity contribution in [3.63, 3.8) is 0 Å². The molecule has 0 atom stereocenters. The van der Waals surface area contributed by atoms with Crippen LogP contribution in [0, 0.1) is 0 Å². The Balaban J connectivity index is 3.12. The Morgan fingerprint density at radius 1 is 1.35 bits per heavy atom. The second kappa shape index (κ2) is 6.07. The molecule has 0 aliphatic heterocycles. The monoisotopic (exact) mass is 241 g/mol. The average molecular weight is 241 g/mol. The number of carbonyl (C=O) groups is 1. The third kappa shape index (κ3) is 3.08. The summed E-state index contributed by atoms with van der Waals surface area (Å²) in [4.78, 5) is 16.1. The summed E-state index contributed by atoms with van der Waals surface area (Å²) in [7, 11) is 4.20. The van der Waals surface area contributed by atoms with Gasteiger partial charge in [-0.15, -0.1) is 0 Å². The van der Waals surface area contributed by atoms with E-state index in [1.807, 2.05) is 0 Å². The second-order valence-corrected chi connectivity index (χ2v) is 3.20. The number of carbonyl (C=O) groups excluding carboxylic acids is 1. The topological polar surface area (TPSA) is 77.0 Å². The first-order valence-electron chi connectivity index (χ1n) is 4.88. The Morgan fingerprint density at radius 2 is 2.06 bits per heavy atom. The summed E-state index contributed by atoms with van der Waals surface area (Å²) in [5.74, 6) is -0.335. The van der Waals surface area contributed by atoms with Gasteiger partial charge in [-0.05, 0) is 6.07 Å². The van der Waals surface area contributed by atoms with E-state index in [0.717, 1.165) is 0 Å². The lowest BCUT2D eigenvalue weighted by Crippen LogP contribution is -2.13. The summed E-state index contributed by atoms with van der Waals surface area (Å²) in [6.45, 7) is 0.337. The Labute approximate surface area is 99.1 Å². The lowest BCUT2D eigenvalue weighted by atomic mass is 10.1. The van der Waals surface area contributed by atoms with E-state index in [4.69, 9.17) is 9.57 Å². The molecule has 0 aliphatic rings. The molecule has 0 radical (unpaired) electrons. The van der Waals surface area contributed by atoms with Crippen LogP contribution in [0.15, 0.2) is 12.1 Å². The molecule has 1 aromatic rings. The number of methoxy groups -OCH3 is 2. The highest BCUT2D eigenvalue weighted by Gasteiger charge is 2.16. The molecule has 0 amide bonds. The van der Waals surface area contributed by atoms with Gasteiger partial charge in [0.05, 0.1) is 21.3 Å². The first-order chi connectivity index (χ1) is 8.13. The first kappa shape index (κ1) is 13.3. The minimum Gasteiger partial charge on any atom is -0.507 e. The molecule has 0 spiro atoms. The minimum absolute atomic E-state index is 0.0844. The molecule has 0 aliphatic carbocycles. The fraction of sp³-hybridized carbons (Fsp3) is 0.364. The van der Waals surface area contributed by atoms with Crippen LogP contribution in [0.2, 0.25) is 0 Å². The standard InChI is InChI=1S/C11H15NO5/c1-15-10-5-9(13)8(11(14)16-2)4-7(10)6-12-17-3/h4-5,12-13H,6H2,1-3H3. The van der Waals surface area contributed by atoms with Crippen LogP contribution in [0.1, 0.15) is 15.9 Å². The molecule has 1 rings (SSSR count). The van der Waals surface area contributed by atoms with E-state index >= 15 is 0 Å². The van der Waals surface area contributed by atoms with E-state index < -0.39 is 5.97 Å². The Bertz CT molecular complexity index is 405. The van der Waals surface area contributed by atoms with Gasteiger partial charge >= 0.3 is 5.97 Å². The zero-order valence-corrected chi connectivity index (χ0v) is 9.94. The lowest BCUT2D eigenvalue weighted by Gasteiger charge is -2.11. The fourth-order valence-corrected chi connectivity index (χ4v) is 1.37. The molecule has 6 nitrogen and oxygen atoms in total. The minimum atomic E-state index is -0.608. The van der Waals surface area contributed by atoms with Crippen molar-refractivity contribution in [2.75, 3.05) is 21.3 Å². The van der Waals surface area contributed by atoms with Crippen LogP contribution in [0.4, 0.5) is 0 Å². The van der Waals surface area contributed by atoms with Crippen molar-refractivity contribution < 1.29 is 24.2 Å². The summed E-state index contributed by atoms with van der Waals surface area (Å²) in [5, 5.41) is 9.64. The molecule has 6 heteroatoms. The lowest BCUT2D eigenvalue weighted by molar-refractivity contribution is 0.0596. The third-order valence-electron chi connectivity index (χ3n) is 2.21. The third-order valence-corrected chi connectivity index (χ3v) is 2.21. The SMILES string of the molecule is CONCc1cc(C(=O)OC)c(O)cc1OC. The summed E-state index contributed by atoms with van der Waals surface area (Å²) >= 11 is 0. The summed E-state index contributed by atoms with van der Waals surface area (Å²) in [6.07, 6.45) is 0. The number of rotatable bonds is 5. The number of esters is 1. The van der Waals surface area contributed by atoms with Gasteiger partial charge < -0.3 is 19.4 Å². The number of hydrogen-bond donors (Lipinski definition) is 2. The molecule has 17 heavy (non-hydrogen) atoms. The van der Waals surface area contributed by atoms with E-state index in [0.29, 0.717) is 17.9 Å². The molecule has 0 unspecified atom stereocenters. The van der Waals surface area contributed by atoms with Crippen molar-refractivity contribution in [2.24, 2.45) is 0 Å². The van der Waals surface area contributed by atoms with Crippen molar-refractivity contribution in [1.29, 1.82) is 0 Å². The van der Waals surface area contributed by atoms with Gasteiger partial charge in [0.2, 0.25) is 0 Å². The molecule has 0 bridgehead atoms. The Kier molecular flexibility index (Phi) is 4.74.